The zero-order valence-electron chi connectivity index (χ0n) is 6.70. The lowest BCUT2D eigenvalue weighted by Gasteiger charge is -2.01. The molecule has 0 aliphatic carbocycles. The van der Waals surface area contributed by atoms with E-state index < -0.39 is 11.7 Å². The standard InChI is InChI=1S/C6H8N3O3/c1-3(4(7)10)5-8-12-6(11)9(5)2/h1-2H3,(H2,7,10). The predicted octanol–water partition coefficient (Wildman–Crippen LogP) is -1.20. The fraction of sp³-hybridized carbons (Fsp3) is 0.333. The summed E-state index contributed by atoms with van der Waals surface area (Å²) in [5.41, 5.74) is 4.97. The Hall–Kier alpha value is -1.59. The molecule has 1 aromatic heterocycles. The maximum absolute atomic E-state index is 10.7. The molecule has 1 amide bonds. The third kappa shape index (κ3) is 1.23. The Morgan fingerprint density at radius 1 is 1.67 bits per heavy atom. The van der Waals surface area contributed by atoms with Crippen LogP contribution >= 0.6 is 0 Å². The van der Waals surface area contributed by atoms with Gasteiger partial charge in [0.15, 0.2) is 5.82 Å². The van der Waals surface area contributed by atoms with E-state index in [2.05, 4.69) is 9.68 Å². The fourth-order valence-electron chi connectivity index (χ4n) is 0.721. The van der Waals surface area contributed by atoms with E-state index in [0.717, 1.165) is 4.57 Å². The Balaban J connectivity index is 3.11. The van der Waals surface area contributed by atoms with Crippen LogP contribution in [0.25, 0.3) is 0 Å². The summed E-state index contributed by atoms with van der Waals surface area (Å²) in [5.74, 6) is -0.889. The van der Waals surface area contributed by atoms with Crippen LogP contribution in [0.2, 0.25) is 0 Å². The first-order chi connectivity index (χ1) is 5.54. The normalized spacial score (nSPS) is 10.6. The molecule has 65 valence electrons. The molecule has 1 aromatic rings. The second kappa shape index (κ2) is 2.80. The molecule has 0 unspecified atom stereocenters. The lowest BCUT2D eigenvalue weighted by Crippen LogP contribution is -2.24. The van der Waals surface area contributed by atoms with Gasteiger partial charge in [-0.05, 0) is 6.92 Å². The summed E-state index contributed by atoms with van der Waals surface area (Å²) in [4.78, 5) is 21.4. The lowest BCUT2D eigenvalue weighted by atomic mass is 10.1. The Kier molecular flexibility index (Phi) is 1.99. The minimum absolute atomic E-state index is 0.160. The van der Waals surface area contributed by atoms with Crippen molar-refractivity contribution in [1.29, 1.82) is 0 Å². The molecule has 0 spiro atoms. The Labute approximate surface area is 67.9 Å². The van der Waals surface area contributed by atoms with E-state index in [1.54, 1.807) is 0 Å². The molecule has 12 heavy (non-hydrogen) atoms. The number of rotatable bonds is 2. The van der Waals surface area contributed by atoms with Crippen molar-refractivity contribution in [2.24, 2.45) is 12.8 Å². The Bertz CT molecular complexity index is 351. The quantitative estimate of drug-likeness (QED) is 0.603. The molecular weight excluding hydrogens is 162 g/mol. The zero-order valence-corrected chi connectivity index (χ0v) is 6.70. The maximum Gasteiger partial charge on any atom is 0.441 e. The molecule has 0 aliphatic heterocycles. The molecule has 0 fully saturated rings. The topological polar surface area (TPSA) is 91.1 Å². The van der Waals surface area contributed by atoms with Crippen LogP contribution in [-0.2, 0) is 11.8 Å². The molecule has 0 bridgehead atoms. The van der Waals surface area contributed by atoms with Crippen LogP contribution in [0.15, 0.2) is 9.32 Å². The van der Waals surface area contributed by atoms with Gasteiger partial charge in [-0.15, -0.1) is 0 Å². The summed E-state index contributed by atoms with van der Waals surface area (Å²) in [7, 11) is 1.45. The van der Waals surface area contributed by atoms with Gasteiger partial charge in [-0.25, -0.2) is 4.79 Å². The number of amides is 1. The van der Waals surface area contributed by atoms with E-state index in [0.29, 0.717) is 0 Å². The van der Waals surface area contributed by atoms with Gasteiger partial charge in [0, 0.05) is 7.05 Å². The first-order valence-corrected chi connectivity index (χ1v) is 3.20. The van der Waals surface area contributed by atoms with Gasteiger partial charge < -0.3 is 5.73 Å². The Morgan fingerprint density at radius 3 is 2.58 bits per heavy atom. The number of aromatic nitrogens is 2. The van der Waals surface area contributed by atoms with Crippen molar-refractivity contribution in [3.63, 3.8) is 0 Å². The van der Waals surface area contributed by atoms with Gasteiger partial charge in [0.2, 0.25) is 5.91 Å². The van der Waals surface area contributed by atoms with Gasteiger partial charge >= 0.3 is 5.76 Å². The third-order valence-electron chi connectivity index (χ3n) is 1.51. The second-order valence-electron chi connectivity index (χ2n) is 2.32. The first kappa shape index (κ1) is 8.51. The van der Waals surface area contributed by atoms with Crippen LogP contribution in [-0.4, -0.2) is 15.6 Å². The molecule has 0 aliphatic rings. The number of hydrogen-bond acceptors (Lipinski definition) is 4. The van der Waals surface area contributed by atoms with Gasteiger partial charge in [0.25, 0.3) is 0 Å². The summed E-state index contributed by atoms with van der Waals surface area (Å²) in [6.07, 6.45) is 0. The van der Waals surface area contributed by atoms with Crippen LogP contribution in [0.1, 0.15) is 12.7 Å². The van der Waals surface area contributed by atoms with Crippen molar-refractivity contribution in [3.8, 4) is 0 Å². The molecule has 0 atom stereocenters. The second-order valence-corrected chi connectivity index (χ2v) is 2.32. The van der Waals surface area contributed by atoms with Gasteiger partial charge in [0.1, 0.15) is 5.92 Å². The van der Waals surface area contributed by atoms with E-state index in [4.69, 9.17) is 5.73 Å². The van der Waals surface area contributed by atoms with E-state index in [1.807, 2.05) is 0 Å². The molecule has 6 nitrogen and oxygen atoms in total. The molecule has 0 saturated carbocycles. The van der Waals surface area contributed by atoms with E-state index in [-0.39, 0.29) is 11.7 Å². The summed E-state index contributed by atoms with van der Waals surface area (Å²) >= 11 is 0. The Morgan fingerprint density at radius 2 is 2.25 bits per heavy atom. The van der Waals surface area contributed by atoms with Crippen LogP contribution in [0.5, 0.6) is 0 Å². The lowest BCUT2D eigenvalue weighted by molar-refractivity contribution is -0.115. The highest BCUT2D eigenvalue weighted by Crippen LogP contribution is 2.06. The highest BCUT2D eigenvalue weighted by atomic mass is 16.5. The number of nitrogens with zero attached hydrogens (tertiary/aromatic N) is 2. The predicted molar refractivity (Wildman–Crippen MR) is 39.0 cm³/mol. The molecule has 0 saturated heterocycles. The summed E-state index contributed by atoms with van der Waals surface area (Å²) in [6.45, 7) is 1.47. The highest BCUT2D eigenvalue weighted by Gasteiger charge is 2.20. The van der Waals surface area contributed by atoms with Gasteiger partial charge in [-0.2, -0.15) is 0 Å². The van der Waals surface area contributed by atoms with Gasteiger partial charge in [-0.3, -0.25) is 13.9 Å². The van der Waals surface area contributed by atoms with Crippen LogP contribution in [0.3, 0.4) is 0 Å². The molecule has 0 aromatic carbocycles. The maximum atomic E-state index is 10.7. The number of carbonyl (C=O) groups excluding carboxylic acids is 1. The van der Waals surface area contributed by atoms with Crippen molar-refractivity contribution < 1.29 is 9.32 Å². The van der Waals surface area contributed by atoms with Crippen molar-refractivity contribution in [2.75, 3.05) is 0 Å². The molecule has 6 heteroatoms. The summed E-state index contributed by atoms with van der Waals surface area (Å²) in [6, 6.07) is 0. The average Bonchev–Trinajstić information content (AvgIpc) is 2.32. The minimum Gasteiger partial charge on any atom is -0.369 e. The first-order valence-electron chi connectivity index (χ1n) is 3.20. The molecule has 1 heterocycles. The number of primary amides is 1. The zero-order chi connectivity index (χ0) is 9.30. The monoisotopic (exact) mass is 170 g/mol. The molecule has 2 N–H and O–H groups in total. The molecular formula is C6H8N3O3. The highest BCUT2D eigenvalue weighted by molar-refractivity contribution is 5.90. The number of carbonyl (C=O) groups is 1. The third-order valence-corrected chi connectivity index (χ3v) is 1.51. The number of hydrogen-bond donors (Lipinski definition) is 1. The number of nitrogens with two attached hydrogens (primary N) is 1. The summed E-state index contributed by atoms with van der Waals surface area (Å²) < 4.78 is 5.41. The van der Waals surface area contributed by atoms with E-state index >= 15 is 0 Å². The van der Waals surface area contributed by atoms with Crippen molar-refractivity contribution in [3.05, 3.63) is 22.3 Å². The van der Waals surface area contributed by atoms with E-state index in [1.165, 1.54) is 14.0 Å². The van der Waals surface area contributed by atoms with Crippen LogP contribution in [0.4, 0.5) is 0 Å². The fourth-order valence-corrected chi connectivity index (χ4v) is 0.721. The van der Waals surface area contributed by atoms with E-state index in [9.17, 15) is 9.59 Å². The van der Waals surface area contributed by atoms with Crippen LogP contribution in [0, 0.1) is 5.92 Å². The molecule has 1 radical (unpaired) electrons. The SMILES string of the molecule is C[C](C(N)=O)c1noc(=O)n1C. The van der Waals surface area contributed by atoms with Crippen molar-refractivity contribution in [1.82, 2.24) is 9.72 Å². The van der Waals surface area contributed by atoms with Gasteiger partial charge in [-0.1, -0.05) is 5.16 Å². The largest absolute Gasteiger partial charge is 0.441 e. The summed E-state index contributed by atoms with van der Waals surface area (Å²) in [5, 5.41) is 3.37. The minimum atomic E-state index is -0.626. The van der Waals surface area contributed by atoms with Crippen molar-refractivity contribution >= 4 is 5.91 Å². The average molecular weight is 170 g/mol. The van der Waals surface area contributed by atoms with Crippen LogP contribution < -0.4 is 11.5 Å². The molecule has 1 rings (SSSR count). The smallest absolute Gasteiger partial charge is 0.369 e. The van der Waals surface area contributed by atoms with Crippen molar-refractivity contribution in [2.45, 2.75) is 6.92 Å². The van der Waals surface area contributed by atoms with Gasteiger partial charge in [0.05, 0.1) is 0 Å².